The van der Waals surface area contributed by atoms with Crippen molar-refractivity contribution in [1.82, 2.24) is 4.57 Å². The summed E-state index contributed by atoms with van der Waals surface area (Å²) in [6, 6.07) is 27.6. The van der Waals surface area contributed by atoms with E-state index in [1.54, 1.807) is 43.5 Å². The summed E-state index contributed by atoms with van der Waals surface area (Å²) in [7, 11) is -1.87. The van der Waals surface area contributed by atoms with E-state index in [2.05, 4.69) is 4.57 Å². The van der Waals surface area contributed by atoms with Gasteiger partial charge in [0.2, 0.25) is 5.91 Å². The van der Waals surface area contributed by atoms with E-state index >= 15 is 0 Å². The molecule has 7 heteroatoms. The molecule has 0 aliphatic carbocycles. The predicted molar refractivity (Wildman–Crippen MR) is 142 cm³/mol. The molecule has 1 aromatic heterocycles. The molecular weight excluding hydrogens is 472 g/mol. The zero-order chi connectivity index (χ0) is 25.3. The second kappa shape index (κ2) is 9.60. The second-order valence-electron chi connectivity index (χ2n) is 8.78. The Balaban J connectivity index is 1.66. The normalized spacial score (nSPS) is 11.8. The summed E-state index contributed by atoms with van der Waals surface area (Å²) in [5.74, 6) is -0.596. The fourth-order valence-corrected chi connectivity index (χ4v) is 6.19. The van der Waals surface area contributed by atoms with Gasteiger partial charge < -0.3 is 15.0 Å². The number of benzene rings is 4. The van der Waals surface area contributed by atoms with Crippen LogP contribution in [0.1, 0.15) is 27.0 Å². The fraction of sp³-hybridized carbons (Fsp3) is 0.138. The summed E-state index contributed by atoms with van der Waals surface area (Å²) >= 11 is 0. The second-order valence-corrected chi connectivity index (χ2v) is 10.8. The number of fused-ring (bicyclic) bond motifs is 3. The minimum absolute atomic E-state index is 0.105. The first-order valence-electron chi connectivity index (χ1n) is 11.6. The van der Waals surface area contributed by atoms with Crippen LogP contribution in [-0.2, 0) is 33.5 Å². The molecule has 0 aliphatic heterocycles. The van der Waals surface area contributed by atoms with Gasteiger partial charge in [0.1, 0.15) is 0 Å². The summed E-state index contributed by atoms with van der Waals surface area (Å²) in [6.07, 6.45) is 0. The van der Waals surface area contributed by atoms with Gasteiger partial charge in [0, 0.05) is 35.5 Å². The molecule has 1 amide bonds. The Morgan fingerprint density at radius 1 is 0.861 bits per heavy atom. The molecule has 4 aromatic carbocycles. The summed E-state index contributed by atoms with van der Waals surface area (Å²) < 4.78 is 33.7. The van der Waals surface area contributed by atoms with Crippen LogP contribution >= 0.6 is 0 Å². The van der Waals surface area contributed by atoms with E-state index in [1.165, 1.54) is 0 Å². The highest BCUT2D eigenvalue weighted by molar-refractivity contribution is 7.90. The van der Waals surface area contributed by atoms with Gasteiger partial charge in [-0.1, -0.05) is 60.7 Å². The average Bonchev–Trinajstić information content (AvgIpc) is 3.18. The number of nitrogens with zero attached hydrogens (tertiary/aromatic N) is 1. The van der Waals surface area contributed by atoms with Crippen LogP contribution in [0, 0.1) is 0 Å². The van der Waals surface area contributed by atoms with Crippen LogP contribution in [0.2, 0.25) is 0 Å². The van der Waals surface area contributed by atoms with Gasteiger partial charge in [-0.3, -0.25) is 4.79 Å². The lowest BCUT2D eigenvalue weighted by molar-refractivity contribution is 0.100. The van der Waals surface area contributed by atoms with E-state index in [4.69, 9.17) is 10.5 Å². The Bertz CT molecular complexity index is 1690. The molecule has 0 spiro atoms. The topological polar surface area (TPSA) is 91.4 Å². The monoisotopic (exact) mass is 498 g/mol. The molecule has 1 heterocycles. The van der Waals surface area contributed by atoms with Gasteiger partial charge in [-0.25, -0.2) is 8.42 Å². The lowest BCUT2D eigenvalue weighted by Gasteiger charge is -2.14. The molecule has 0 fully saturated rings. The van der Waals surface area contributed by atoms with Crippen LogP contribution in [0.5, 0.6) is 0 Å². The lowest BCUT2D eigenvalue weighted by Crippen LogP contribution is -2.11. The maximum absolute atomic E-state index is 13.1. The van der Waals surface area contributed by atoms with Gasteiger partial charge in [-0.15, -0.1) is 0 Å². The summed E-state index contributed by atoms with van der Waals surface area (Å²) in [5, 5.41) is 1.70. The Hall–Kier alpha value is -3.94. The minimum Gasteiger partial charge on any atom is -0.380 e. The Kier molecular flexibility index (Phi) is 6.35. The van der Waals surface area contributed by atoms with Crippen LogP contribution in [-0.4, -0.2) is 26.0 Å². The molecule has 0 saturated carbocycles. The van der Waals surface area contributed by atoms with Crippen molar-refractivity contribution >= 4 is 37.6 Å². The van der Waals surface area contributed by atoms with Crippen molar-refractivity contribution in [1.29, 1.82) is 0 Å². The SMILES string of the molecule is COCc1ccc2c3c(C(N)=O)cccc3n(Cc3ccccc3CS(=O)(=O)c3ccccc3)c2c1. The van der Waals surface area contributed by atoms with Crippen molar-refractivity contribution in [2.45, 2.75) is 23.8 Å². The van der Waals surface area contributed by atoms with Gasteiger partial charge in [0.15, 0.2) is 9.84 Å². The van der Waals surface area contributed by atoms with E-state index in [0.717, 1.165) is 38.5 Å². The molecule has 5 aromatic rings. The number of carbonyl (C=O) groups is 1. The van der Waals surface area contributed by atoms with Gasteiger partial charge >= 0.3 is 0 Å². The van der Waals surface area contributed by atoms with Crippen molar-refractivity contribution in [3.63, 3.8) is 0 Å². The maximum atomic E-state index is 13.1. The summed E-state index contributed by atoms with van der Waals surface area (Å²) in [6.45, 7) is 0.880. The van der Waals surface area contributed by atoms with E-state index in [9.17, 15) is 13.2 Å². The number of amides is 1. The average molecular weight is 499 g/mol. The number of rotatable bonds is 8. The first-order valence-corrected chi connectivity index (χ1v) is 13.2. The highest BCUT2D eigenvalue weighted by Crippen LogP contribution is 2.33. The number of carbonyl (C=O) groups excluding carboxylic acids is 1. The van der Waals surface area contributed by atoms with E-state index in [0.29, 0.717) is 23.6 Å². The molecule has 0 atom stereocenters. The van der Waals surface area contributed by atoms with Crippen LogP contribution in [0.4, 0.5) is 0 Å². The van der Waals surface area contributed by atoms with Gasteiger partial charge in [-0.2, -0.15) is 0 Å². The predicted octanol–water partition coefficient (Wildman–Crippen LogP) is 5.06. The molecule has 0 radical (unpaired) electrons. The number of aromatic nitrogens is 1. The van der Waals surface area contributed by atoms with Crippen LogP contribution in [0.25, 0.3) is 21.8 Å². The third-order valence-electron chi connectivity index (χ3n) is 6.43. The molecule has 5 rings (SSSR count). The largest absolute Gasteiger partial charge is 0.380 e. The molecule has 2 N–H and O–H groups in total. The van der Waals surface area contributed by atoms with Gasteiger partial charge in [0.25, 0.3) is 0 Å². The van der Waals surface area contributed by atoms with Crippen molar-refractivity contribution in [2.75, 3.05) is 7.11 Å². The minimum atomic E-state index is -3.52. The summed E-state index contributed by atoms with van der Waals surface area (Å²) in [5.41, 5.74) is 10.6. The third kappa shape index (κ3) is 4.39. The summed E-state index contributed by atoms with van der Waals surface area (Å²) in [4.78, 5) is 12.6. The molecule has 0 unspecified atom stereocenters. The highest BCUT2D eigenvalue weighted by atomic mass is 32.2. The van der Waals surface area contributed by atoms with Gasteiger partial charge in [0.05, 0.1) is 22.8 Å². The zero-order valence-electron chi connectivity index (χ0n) is 19.8. The van der Waals surface area contributed by atoms with Gasteiger partial charge in [-0.05, 0) is 47.0 Å². The quantitative estimate of drug-likeness (QED) is 0.324. The molecule has 6 nitrogen and oxygen atoms in total. The smallest absolute Gasteiger partial charge is 0.249 e. The first-order chi connectivity index (χ1) is 17.4. The third-order valence-corrected chi connectivity index (χ3v) is 8.11. The number of hydrogen-bond donors (Lipinski definition) is 1. The lowest BCUT2D eigenvalue weighted by atomic mass is 10.0. The number of methoxy groups -OCH3 is 1. The fourth-order valence-electron chi connectivity index (χ4n) is 4.76. The molecular formula is C29H26N2O4S. The van der Waals surface area contributed by atoms with Crippen LogP contribution < -0.4 is 5.73 Å². The molecule has 36 heavy (non-hydrogen) atoms. The molecule has 0 saturated heterocycles. The Labute approximate surface area is 209 Å². The number of hydrogen-bond acceptors (Lipinski definition) is 4. The Morgan fingerprint density at radius 3 is 2.31 bits per heavy atom. The Morgan fingerprint density at radius 2 is 1.58 bits per heavy atom. The molecule has 0 bridgehead atoms. The number of nitrogens with two attached hydrogens (primary N) is 1. The van der Waals surface area contributed by atoms with Crippen molar-refractivity contribution in [3.8, 4) is 0 Å². The number of sulfone groups is 1. The first kappa shape index (κ1) is 23.8. The highest BCUT2D eigenvalue weighted by Gasteiger charge is 2.20. The van der Waals surface area contributed by atoms with Crippen LogP contribution in [0.15, 0.2) is 95.9 Å². The number of primary amides is 1. The maximum Gasteiger partial charge on any atom is 0.249 e. The zero-order valence-corrected chi connectivity index (χ0v) is 20.7. The van der Waals surface area contributed by atoms with E-state index in [-0.39, 0.29) is 5.75 Å². The van der Waals surface area contributed by atoms with E-state index in [1.807, 2.05) is 54.6 Å². The van der Waals surface area contributed by atoms with Crippen LogP contribution in [0.3, 0.4) is 0 Å². The van der Waals surface area contributed by atoms with Crippen molar-refractivity contribution < 1.29 is 17.9 Å². The van der Waals surface area contributed by atoms with E-state index < -0.39 is 15.7 Å². The molecule has 0 aliphatic rings. The number of ether oxygens (including phenoxy) is 1. The van der Waals surface area contributed by atoms with Crippen molar-refractivity contribution in [2.24, 2.45) is 5.73 Å². The standard InChI is InChI=1S/C29H26N2O4S/c1-35-18-20-14-15-24-27(16-20)31(26-13-7-12-25(28(24)26)29(30)32)17-21-8-5-6-9-22(21)19-36(33,34)23-10-3-2-4-11-23/h2-16H,17-19H2,1H3,(H2,30,32). The van der Waals surface area contributed by atoms with Crippen molar-refractivity contribution in [3.05, 3.63) is 113 Å². The molecule has 182 valence electrons.